The maximum atomic E-state index is 10.4. The lowest BCUT2D eigenvalue weighted by atomic mass is 10.1. The number of nitrogens with zero attached hydrogens (tertiary/aromatic N) is 5. The molecule has 1 aliphatic heterocycles. The fourth-order valence-corrected chi connectivity index (χ4v) is 3.97. The number of aliphatic imine (C=N–C) groups is 1. The second-order valence-corrected chi connectivity index (χ2v) is 7.62. The van der Waals surface area contributed by atoms with E-state index in [2.05, 4.69) is 38.5 Å². The number of aromatic nitrogens is 3. The Hall–Kier alpha value is -3.15. The molecule has 0 radical (unpaired) electrons. The van der Waals surface area contributed by atoms with Gasteiger partial charge in [-0.2, -0.15) is 0 Å². The summed E-state index contributed by atoms with van der Waals surface area (Å²) in [5.41, 5.74) is 3.62. The molecule has 0 saturated heterocycles. The molecule has 156 valence electrons. The summed E-state index contributed by atoms with van der Waals surface area (Å²) in [4.78, 5) is 6.73. The number of phenols is 1. The van der Waals surface area contributed by atoms with Gasteiger partial charge in [-0.25, -0.2) is 0 Å². The Kier molecular flexibility index (Phi) is 6.12. The number of aromatic hydroxyl groups is 1. The third-order valence-electron chi connectivity index (χ3n) is 5.73. The van der Waals surface area contributed by atoms with Gasteiger partial charge in [0.15, 0.2) is 5.82 Å². The monoisotopic (exact) mass is 403 g/mol. The predicted molar refractivity (Wildman–Crippen MR) is 122 cm³/mol. The molecule has 1 aromatic heterocycles. The average Bonchev–Trinajstić information content (AvgIpc) is 3.02. The van der Waals surface area contributed by atoms with Crippen molar-refractivity contribution in [2.45, 2.75) is 46.1 Å². The summed E-state index contributed by atoms with van der Waals surface area (Å²) in [6.45, 7) is 7.02. The highest BCUT2D eigenvalue weighted by atomic mass is 16.3. The summed E-state index contributed by atoms with van der Waals surface area (Å²) in [5.74, 6) is 2.27. The molecule has 2 aromatic carbocycles. The van der Waals surface area contributed by atoms with Gasteiger partial charge in [-0.3, -0.25) is 4.99 Å². The van der Waals surface area contributed by atoms with Gasteiger partial charge in [-0.15, -0.1) is 10.2 Å². The molecule has 0 unspecified atom stereocenters. The number of rotatable bonds is 6. The summed E-state index contributed by atoms with van der Waals surface area (Å²) in [7, 11) is 0. The van der Waals surface area contributed by atoms with Crippen molar-refractivity contribution < 1.29 is 5.11 Å². The van der Waals surface area contributed by atoms with Gasteiger partial charge in [0.05, 0.1) is 5.69 Å². The summed E-state index contributed by atoms with van der Waals surface area (Å²) < 4.78 is 2.25. The molecule has 3 aromatic rings. The molecule has 0 fully saturated rings. The molecule has 1 N–H and O–H groups in total. The van der Waals surface area contributed by atoms with Crippen molar-refractivity contribution in [1.29, 1.82) is 0 Å². The standard InChI is InChI=1S/C24H29N5O/c1-3-28(4-2)21-14-11-19(22(30)16-21)17-25-20-12-9-18(10-13-20)24-27-26-23-8-6-5-7-15-29(23)24/h9-14,16-17,30H,3-8,15H2,1-2H3. The van der Waals surface area contributed by atoms with Crippen LogP contribution in [-0.2, 0) is 13.0 Å². The number of fused-ring (bicyclic) bond motifs is 1. The highest BCUT2D eigenvalue weighted by Gasteiger charge is 2.15. The van der Waals surface area contributed by atoms with Crippen LogP contribution >= 0.6 is 0 Å². The van der Waals surface area contributed by atoms with E-state index in [1.807, 2.05) is 36.4 Å². The lowest BCUT2D eigenvalue weighted by Crippen LogP contribution is -2.21. The number of phenolic OH excluding ortho intramolecular Hbond substituents is 1. The zero-order valence-electron chi connectivity index (χ0n) is 17.8. The quantitative estimate of drug-likeness (QED) is 0.590. The smallest absolute Gasteiger partial charge is 0.163 e. The van der Waals surface area contributed by atoms with E-state index >= 15 is 0 Å². The Balaban J connectivity index is 1.50. The maximum absolute atomic E-state index is 10.4. The molecule has 4 rings (SSSR count). The van der Waals surface area contributed by atoms with Crippen LogP contribution in [0.3, 0.4) is 0 Å². The van der Waals surface area contributed by atoms with E-state index in [1.54, 1.807) is 12.3 Å². The van der Waals surface area contributed by atoms with E-state index in [9.17, 15) is 5.11 Å². The van der Waals surface area contributed by atoms with Gasteiger partial charge in [0.1, 0.15) is 11.6 Å². The van der Waals surface area contributed by atoms with Crippen LogP contribution in [0.25, 0.3) is 11.4 Å². The van der Waals surface area contributed by atoms with Gasteiger partial charge in [0, 0.05) is 55.2 Å². The van der Waals surface area contributed by atoms with Crippen molar-refractivity contribution in [3.8, 4) is 17.1 Å². The Labute approximate surface area is 177 Å². The molecule has 30 heavy (non-hydrogen) atoms. The van der Waals surface area contributed by atoms with Gasteiger partial charge in [-0.1, -0.05) is 6.42 Å². The van der Waals surface area contributed by atoms with E-state index in [1.165, 1.54) is 19.3 Å². The molecule has 0 atom stereocenters. The number of benzene rings is 2. The second kappa shape index (κ2) is 9.11. The minimum atomic E-state index is 0.242. The molecule has 0 amide bonds. The predicted octanol–water partition coefficient (Wildman–Crippen LogP) is 4.97. The first-order valence-corrected chi connectivity index (χ1v) is 10.8. The van der Waals surface area contributed by atoms with Crippen LogP contribution in [0.5, 0.6) is 5.75 Å². The average molecular weight is 404 g/mol. The first kappa shape index (κ1) is 20.1. The van der Waals surface area contributed by atoms with Crippen molar-refractivity contribution in [3.05, 3.63) is 53.9 Å². The molecule has 1 aliphatic rings. The van der Waals surface area contributed by atoms with Crippen molar-refractivity contribution in [2.75, 3.05) is 18.0 Å². The van der Waals surface area contributed by atoms with Crippen LogP contribution in [0.15, 0.2) is 47.5 Å². The fourth-order valence-electron chi connectivity index (χ4n) is 3.97. The van der Waals surface area contributed by atoms with E-state index in [-0.39, 0.29) is 5.75 Å². The Morgan fingerprint density at radius 3 is 2.57 bits per heavy atom. The number of hydrogen-bond acceptors (Lipinski definition) is 5. The van der Waals surface area contributed by atoms with Crippen molar-refractivity contribution in [2.24, 2.45) is 4.99 Å². The molecule has 6 heteroatoms. The minimum absolute atomic E-state index is 0.242. The second-order valence-electron chi connectivity index (χ2n) is 7.62. The molecule has 6 nitrogen and oxygen atoms in total. The van der Waals surface area contributed by atoms with E-state index in [0.717, 1.165) is 54.6 Å². The van der Waals surface area contributed by atoms with Crippen LogP contribution in [-0.4, -0.2) is 39.2 Å². The zero-order chi connectivity index (χ0) is 20.9. The van der Waals surface area contributed by atoms with Crippen molar-refractivity contribution in [1.82, 2.24) is 14.8 Å². The first-order valence-electron chi connectivity index (χ1n) is 10.8. The highest BCUT2D eigenvalue weighted by Crippen LogP contribution is 2.26. The van der Waals surface area contributed by atoms with Crippen LogP contribution in [0.2, 0.25) is 0 Å². The zero-order valence-corrected chi connectivity index (χ0v) is 17.8. The van der Waals surface area contributed by atoms with Gasteiger partial charge in [-0.05, 0) is 63.1 Å². The third-order valence-corrected chi connectivity index (χ3v) is 5.73. The summed E-state index contributed by atoms with van der Waals surface area (Å²) in [5, 5.41) is 19.2. The summed E-state index contributed by atoms with van der Waals surface area (Å²) in [6.07, 6.45) is 6.33. The highest BCUT2D eigenvalue weighted by molar-refractivity contribution is 5.86. The topological polar surface area (TPSA) is 66.5 Å². The van der Waals surface area contributed by atoms with E-state index in [0.29, 0.717) is 5.56 Å². The number of anilines is 1. The van der Waals surface area contributed by atoms with E-state index < -0.39 is 0 Å². The first-order chi connectivity index (χ1) is 14.7. The Morgan fingerprint density at radius 1 is 1.03 bits per heavy atom. The SMILES string of the molecule is CCN(CC)c1ccc(C=Nc2ccc(-c3nnc4n3CCCCC4)cc2)c(O)c1. The molecular formula is C24H29N5O. The molecule has 0 bridgehead atoms. The van der Waals surface area contributed by atoms with Gasteiger partial charge >= 0.3 is 0 Å². The van der Waals surface area contributed by atoms with Gasteiger partial charge in [0.25, 0.3) is 0 Å². The lowest BCUT2D eigenvalue weighted by molar-refractivity contribution is 0.474. The van der Waals surface area contributed by atoms with Crippen LogP contribution < -0.4 is 4.90 Å². The van der Waals surface area contributed by atoms with E-state index in [4.69, 9.17) is 0 Å². The summed E-state index contributed by atoms with van der Waals surface area (Å²) in [6, 6.07) is 13.8. The lowest BCUT2D eigenvalue weighted by Gasteiger charge is -2.21. The molecule has 2 heterocycles. The van der Waals surface area contributed by atoms with Gasteiger partial charge in [0.2, 0.25) is 0 Å². The number of hydrogen-bond donors (Lipinski definition) is 1. The Morgan fingerprint density at radius 2 is 1.83 bits per heavy atom. The minimum Gasteiger partial charge on any atom is -0.507 e. The molecule has 0 aliphatic carbocycles. The van der Waals surface area contributed by atoms with Crippen molar-refractivity contribution >= 4 is 17.6 Å². The molecule has 0 saturated carbocycles. The van der Waals surface area contributed by atoms with Gasteiger partial charge < -0.3 is 14.6 Å². The molecular weight excluding hydrogens is 374 g/mol. The normalized spacial score (nSPS) is 13.9. The third kappa shape index (κ3) is 4.22. The largest absolute Gasteiger partial charge is 0.507 e. The van der Waals surface area contributed by atoms with Crippen LogP contribution in [0.4, 0.5) is 11.4 Å². The number of aryl methyl sites for hydroxylation is 1. The maximum Gasteiger partial charge on any atom is 0.163 e. The van der Waals surface area contributed by atoms with Crippen LogP contribution in [0.1, 0.15) is 44.5 Å². The summed E-state index contributed by atoms with van der Waals surface area (Å²) >= 11 is 0. The Bertz CT molecular complexity index is 1020. The van der Waals surface area contributed by atoms with Crippen LogP contribution in [0, 0.1) is 0 Å². The molecule has 0 spiro atoms. The van der Waals surface area contributed by atoms with Crippen molar-refractivity contribution in [3.63, 3.8) is 0 Å². The fraction of sp³-hybridized carbons (Fsp3) is 0.375.